The predicted molar refractivity (Wildman–Crippen MR) is 188 cm³/mol. The summed E-state index contributed by atoms with van der Waals surface area (Å²) in [4.78, 5) is 83.5. The van der Waals surface area contributed by atoms with Gasteiger partial charge < -0.3 is 38.4 Å². The first kappa shape index (κ1) is 39.6. The van der Waals surface area contributed by atoms with Crippen molar-refractivity contribution in [1.82, 2.24) is 9.97 Å². The van der Waals surface area contributed by atoms with Gasteiger partial charge in [-0.25, -0.2) is 9.59 Å². The molecule has 0 aliphatic rings. The summed E-state index contributed by atoms with van der Waals surface area (Å²) in [6, 6.07) is 18.1. The van der Waals surface area contributed by atoms with Crippen molar-refractivity contribution >= 4 is 35.8 Å². The van der Waals surface area contributed by atoms with Crippen molar-refractivity contribution in [3.63, 3.8) is 0 Å². The fourth-order valence-corrected chi connectivity index (χ4v) is 5.76. The maximum atomic E-state index is 13.6. The van der Waals surface area contributed by atoms with E-state index in [1.165, 1.54) is 28.4 Å². The summed E-state index contributed by atoms with van der Waals surface area (Å²) in [6.45, 7) is -0.0938. The third-order valence-electron chi connectivity index (χ3n) is 8.51. The summed E-state index contributed by atoms with van der Waals surface area (Å²) in [5, 5.41) is 0. The lowest BCUT2D eigenvalue weighted by Gasteiger charge is -2.10. The van der Waals surface area contributed by atoms with Gasteiger partial charge in [-0.05, 0) is 46.2 Å². The minimum atomic E-state index is -0.740. The minimum Gasteiger partial charge on any atom is -0.469 e. The first-order chi connectivity index (χ1) is 25.6. The van der Waals surface area contributed by atoms with E-state index in [0.717, 1.165) is 11.1 Å². The van der Waals surface area contributed by atoms with Crippen molar-refractivity contribution < 1.29 is 57.2 Å². The van der Waals surface area contributed by atoms with E-state index in [1.54, 1.807) is 48.5 Å². The lowest BCUT2D eigenvalue weighted by Crippen LogP contribution is -2.13. The molecule has 2 aromatic carbocycles. The molecule has 14 nitrogen and oxygen atoms in total. The Balaban J connectivity index is 1.83. The standard InChI is InChI=1S/C39H42N2O12/c1-48-32(42)17-15-26-28(19-34(44)50-3)30(40-36(26)38(46)52-22-24-11-7-5-8-12-24)21-31-29(20-35(45)51-4)27(16-18-33(43)49-2)37(41-31)39(47)53-23-25-13-9-6-10-14-25/h5-14,40-41H,15-23H2,1-4H3. The lowest BCUT2D eigenvalue weighted by molar-refractivity contribution is -0.141. The summed E-state index contributed by atoms with van der Waals surface area (Å²) < 4.78 is 30.9. The largest absolute Gasteiger partial charge is 0.469 e. The molecule has 0 spiro atoms. The maximum absolute atomic E-state index is 13.6. The molecule has 0 radical (unpaired) electrons. The van der Waals surface area contributed by atoms with E-state index >= 15 is 0 Å². The average Bonchev–Trinajstić information content (AvgIpc) is 3.70. The zero-order chi connectivity index (χ0) is 38.3. The topological polar surface area (TPSA) is 189 Å². The molecular formula is C39H42N2O12. The zero-order valence-electron chi connectivity index (χ0n) is 30.0. The third kappa shape index (κ3) is 10.9. The number of nitrogens with one attached hydrogen (secondary N) is 2. The van der Waals surface area contributed by atoms with Crippen LogP contribution in [0.1, 0.15) is 78.6 Å². The third-order valence-corrected chi connectivity index (χ3v) is 8.51. The molecule has 2 aromatic heterocycles. The zero-order valence-corrected chi connectivity index (χ0v) is 30.0. The number of carbonyl (C=O) groups excluding carboxylic acids is 6. The van der Waals surface area contributed by atoms with E-state index < -0.39 is 35.8 Å². The minimum absolute atomic E-state index is 0.00641. The predicted octanol–water partition coefficient (Wildman–Crippen LogP) is 4.29. The number of esters is 6. The van der Waals surface area contributed by atoms with E-state index in [1.807, 2.05) is 12.1 Å². The lowest BCUT2D eigenvalue weighted by atomic mass is 9.96. The summed E-state index contributed by atoms with van der Waals surface area (Å²) in [6.07, 6.45) is -0.887. The molecule has 0 bridgehead atoms. The molecule has 14 heteroatoms. The van der Waals surface area contributed by atoms with Gasteiger partial charge in [0.15, 0.2) is 0 Å². The van der Waals surface area contributed by atoms with Crippen LogP contribution in [-0.2, 0) is 92.9 Å². The first-order valence-corrected chi connectivity index (χ1v) is 16.7. The summed E-state index contributed by atoms with van der Waals surface area (Å²) in [5.74, 6) is -3.82. The molecule has 280 valence electrons. The Hall–Kier alpha value is -6.18. The van der Waals surface area contributed by atoms with Crippen LogP contribution in [0.3, 0.4) is 0 Å². The number of aromatic amines is 2. The van der Waals surface area contributed by atoms with Crippen LogP contribution in [-0.4, -0.2) is 74.2 Å². The van der Waals surface area contributed by atoms with Crippen molar-refractivity contribution in [3.05, 3.63) is 117 Å². The second-order valence-corrected chi connectivity index (χ2v) is 11.8. The molecule has 0 saturated carbocycles. The van der Waals surface area contributed by atoms with Gasteiger partial charge in [-0.3, -0.25) is 19.2 Å². The average molecular weight is 731 g/mol. The number of methoxy groups -OCH3 is 4. The van der Waals surface area contributed by atoms with Crippen LogP contribution in [0.4, 0.5) is 0 Å². The van der Waals surface area contributed by atoms with Gasteiger partial charge >= 0.3 is 35.8 Å². The van der Waals surface area contributed by atoms with Crippen LogP contribution in [0, 0.1) is 0 Å². The van der Waals surface area contributed by atoms with E-state index in [-0.39, 0.29) is 69.5 Å². The van der Waals surface area contributed by atoms with Crippen molar-refractivity contribution in [2.24, 2.45) is 0 Å². The molecule has 0 saturated heterocycles. The molecule has 0 unspecified atom stereocenters. The molecule has 0 aliphatic heterocycles. The van der Waals surface area contributed by atoms with Gasteiger partial charge in [0.25, 0.3) is 0 Å². The van der Waals surface area contributed by atoms with Gasteiger partial charge in [-0.2, -0.15) is 0 Å². The highest BCUT2D eigenvalue weighted by Gasteiger charge is 2.30. The van der Waals surface area contributed by atoms with E-state index in [0.29, 0.717) is 33.6 Å². The quantitative estimate of drug-likeness (QED) is 0.109. The highest BCUT2D eigenvalue weighted by atomic mass is 16.5. The highest BCUT2D eigenvalue weighted by Crippen LogP contribution is 2.30. The van der Waals surface area contributed by atoms with E-state index in [4.69, 9.17) is 28.4 Å². The van der Waals surface area contributed by atoms with Crippen LogP contribution in [0.25, 0.3) is 0 Å². The molecule has 0 fully saturated rings. The van der Waals surface area contributed by atoms with E-state index in [9.17, 15) is 28.8 Å². The van der Waals surface area contributed by atoms with Crippen LogP contribution in [0.5, 0.6) is 0 Å². The highest BCUT2D eigenvalue weighted by molar-refractivity contribution is 5.92. The SMILES string of the molecule is COC(=O)CCc1c(C(=O)OCc2ccccc2)[nH]c(Cc2[nH]c(C(=O)OCc3ccccc3)c(CCC(=O)OC)c2CC(=O)OC)c1CC(=O)OC. The van der Waals surface area contributed by atoms with Crippen molar-refractivity contribution in [1.29, 1.82) is 0 Å². The Kier molecular flexibility index (Phi) is 14.5. The molecule has 0 amide bonds. The van der Waals surface area contributed by atoms with Gasteiger partial charge in [0.1, 0.15) is 24.6 Å². The second-order valence-electron chi connectivity index (χ2n) is 11.8. The fourth-order valence-electron chi connectivity index (χ4n) is 5.76. The van der Waals surface area contributed by atoms with Gasteiger partial charge in [0.2, 0.25) is 0 Å². The van der Waals surface area contributed by atoms with Gasteiger partial charge in [-0.1, -0.05) is 60.7 Å². The Labute approximate surface area is 306 Å². The number of hydrogen-bond acceptors (Lipinski definition) is 12. The van der Waals surface area contributed by atoms with Gasteiger partial charge in [0.05, 0.1) is 41.3 Å². The normalized spacial score (nSPS) is 10.6. The Morgan fingerprint density at radius 3 is 1.19 bits per heavy atom. The molecule has 2 N–H and O–H groups in total. The number of aromatic nitrogens is 2. The van der Waals surface area contributed by atoms with Crippen LogP contribution < -0.4 is 0 Å². The van der Waals surface area contributed by atoms with Crippen molar-refractivity contribution in [3.8, 4) is 0 Å². The van der Waals surface area contributed by atoms with Crippen molar-refractivity contribution in [2.75, 3.05) is 28.4 Å². The number of rotatable bonds is 18. The summed E-state index contributed by atoms with van der Waals surface area (Å²) in [7, 11) is 4.92. The fraction of sp³-hybridized carbons (Fsp3) is 0.333. The smallest absolute Gasteiger partial charge is 0.355 e. The van der Waals surface area contributed by atoms with Crippen LogP contribution in [0.15, 0.2) is 60.7 Å². The number of ether oxygens (including phenoxy) is 6. The number of carbonyl (C=O) groups is 6. The Bertz CT molecular complexity index is 1770. The molecule has 4 aromatic rings. The Morgan fingerprint density at radius 1 is 0.491 bits per heavy atom. The van der Waals surface area contributed by atoms with Gasteiger partial charge in [-0.15, -0.1) is 0 Å². The molecule has 4 rings (SSSR count). The molecule has 53 heavy (non-hydrogen) atoms. The molecule has 0 aliphatic carbocycles. The van der Waals surface area contributed by atoms with Crippen molar-refractivity contribution in [2.45, 2.75) is 58.2 Å². The van der Waals surface area contributed by atoms with E-state index in [2.05, 4.69) is 9.97 Å². The number of hydrogen-bond donors (Lipinski definition) is 2. The second kappa shape index (κ2) is 19.4. The van der Waals surface area contributed by atoms with Crippen LogP contribution >= 0.6 is 0 Å². The molecular weight excluding hydrogens is 688 g/mol. The van der Waals surface area contributed by atoms with Gasteiger partial charge in [0, 0.05) is 30.7 Å². The first-order valence-electron chi connectivity index (χ1n) is 16.7. The maximum Gasteiger partial charge on any atom is 0.355 e. The number of H-pyrrole nitrogens is 2. The monoisotopic (exact) mass is 730 g/mol. The molecule has 0 atom stereocenters. The summed E-state index contributed by atoms with van der Waals surface area (Å²) in [5.41, 5.74) is 3.57. The summed E-state index contributed by atoms with van der Waals surface area (Å²) >= 11 is 0. The number of benzene rings is 2. The molecule has 2 heterocycles. The Morgan fingerprint density at radius 2 is 0.849 bits per heavy atom. The van der Waals surface area contributed by atoms with Crippen LogP contribution in [0.2, 0.25) is 0 Å².